The molecule has 0 N–H and O–H groups in total. The molecule has 1 rings (SSSR count). The maximum atomic E-state index is 12.2. The molecule has 0 fully saturated rings. The highest BCUT2D eigenvalue weighted by molar-refractivity contribution is 6.41. The van der Waals surface area contributed by atoms with Gasteiger partial charge in [-0.3, -0.25) is 0 Å². The number of aryl methyl sites for hydroxylation is 1. The summed E-state index contributed by atoms with van der Waals surface area (Å²) in [6.07, 6.45) is -4.60. The van der Waals surface area contributed by atoms with Gasteiger partial charge >= 0.3 is 6.18 Å². The fourth-order valence-electron chi connectivity index (χ4n) is 0.713. The van der Waals surface area contributed by atoms with Gasteiger partial charge in [0, 0.05) is 0 Å². The van der Waals surface area contributed by atoms with Crippen molar-refractivity contribution in [2.45, 2.75) is 13.1 Å². The highest BCUT2D eigenvalue weighted by Crippen LogP contribution is 2.35. The van der Waals surface area contributed by atoms with Gasteiger partial charge in [-0.1, -0.05) is 23.2 Å². The second-order valence-corrected chi connectivity index (χ2v) is 2.96. The lowest BCUT2D eigenvalue weighted by Crippen LogP contribution is -2.11. The first-order chi connectivity index (χ1) is 5.82. The van der Waals surface area contributed by atoms with Gasteiger partial charge < -0.3 is 0 Å². The van der Waals surface area contributed by atoms with E-state index in [9.17, 15) is 13.2 Å². The van der Waals surface area contributed by atoms with Crippen molar-refractivity contribution in [2.75, 3.05) is 0 Å². The Kier molecular flexibility index (Phi) is 2.68. The zero-order valence-corrected chi connectivity index (χ0v) is 7.80. The molecule has 0 atom stereocenters. The van der Waals surface area contributed by atoms with Crippen LogP contribution in [-0.4, -0.2) is 9.97 Å². The first kappa shape index (κ1) is 10.5. The predicted octanol–water partition coefficient (Wildman–Crippen LogP) is 3.11. The summed E-state index contributed by atoms with van der Waals surface area (Å²) in [5, 5.41) is -1.05. The monoisotopic (exact) mass is 230 g/mol. The number of rotatable bonds is 0. The second-order valence-electron chi connectivity index (χ2n) is 2.22. The molecule has 0 amide bonds. The van der Waals surface area contributed by atoms with Gasteiger partial charge in [-0.25, -0.2) is 9.97 Å². The predicted molar refractivity (Wildman–Crippen MR) is 41.8 cm³/mol. The summed E-state index contributed by atoms with van der Waals surface area (Å²) in [5.41, 5.74) is -1.20. The van der Waals surface area contributed by atoms with Crippen LogP contribution >= 0.6 is 23.2 Å². The number of nitrogens with zero attached hydrogens (tertiary/aromatic N) is 2. The number of alkyl halides is 3. The van der Waals surface area contributed by atoms with Crippen molar-refractivity contribution < 1.29 is 13.2 Å². The van der Waals surface area contributed by atoms with Gasteiger partial charge in [0.05, 0.1) is 0 Å². The van der Waals surface area contributed by atoms with Gasteiger partial charge in [-0.05, 0) is 6.92 Å². The van der Waals surface area contributed by atoms with E-state index < -0.39 is 16.9 Å². The first-order valence-electron chi connectivity index (χ1n) is 3.09. The van der Waals surface area contributed by atoms with Gasteiger partial charge in [-0.2, -0.15) is 13.2 Å². The summed E-state index contributed by atoms with van der Waals surface area (Å²) in [6.45, 7) is 1.30. The van der Waals surface area contributed by atoms with E-state index in [2.05, 4.69) is 9.97 Å². The van der Waals surface area contributed by atoms with E-state index in [1.165, 1.54) is 6.92 Å². The first-order valence-corrected chi connectivity index (χ1v) is 3.85. The Bertz CT molecular complexity index is 337. The summed E-state index contributed by atoms with van der Waals surface area (Å²) < 4.78 is 36.5. The standard InChI is InChI=1S/C6H3Cl2F3N2/c1-2-12-4(6(9,10)11)3(7)5(8)13-2/h1H3. The molecule has 0 saturated carbocycles. The van der Waals surface area contributed by atoms with E-state index in [0.29, 0.717) is 0 Å². The van der Waals surface area contributed by atoms with Crippen molar-refractivity contribution >= 4 is 23.2 Å². The van der Waals surface area contributed by atoms with Crippen LogP contribution < -0.4 is 0 Å². The molecule has 0 saturated heterocycles. The summed E-state index contributed by atoms with van der Waals surface area (Å²) in [5.74, 6) is -0.0678. The summed E-state index contributed by atoms with van der Waals surface area (Å²) in [6, 6.07) is 0. The molecule has 7 heteroatoms. The van der Waals surface area contributed by atoms with Crippen LogP contribution in [-0.2, 0) is 6.18 Å². The molecule has 2 nitrogen and oxygen atoms in total. The van der Waals surface area contributed by atoms with Crippen molar-refractivity contribution in [1.29, 1.82) is 0 Å². The minimum atomic E-state index is -4.60. The van der Waals surface area contributed by atoms with Crippen molar-refractivity contribution in [3.63, 3.8) is 0 Å². The average Bonchev–Trinajstić information content (AvgIpc) is 1.94. The third-order valence-corrected chi connectivity index (χ3v) is 1.92. The van der Waals surface area contributed by atoms with Gasteiger partial charge in [0.1, 0.15) is 10.8 Å². The Morgan fingerprint density at radius 1 is 1.15 bits per heavy atom. The number of aromatic nitrogens is 2. The molecular weight excluding hydrogens is 228 g/mol. The zero-order chi connectivity index (χ0) is 10.2. The van der Waals surface area contributed by atoms with Crippen molar-refractivity contribution in [2.24, 2.45) is 0 Å². The van der Waals surface area contributed by atoms with Crippen LogP contribution in [0, 0.1) is 6.92 Å². The maximum Gasteiger partial charge on any atom is 0.435 e. The maximum absolute atomic E-state index is 12.2. The molecule has 0 unspecified atom stereocenters. The third-order valence-electron chi connectivity index (χ3n) is 1.19. The van der Waals surface area contributed by atoms with Crippen LogP contribution in [0.4, 0.5) is 13.2 Å². The lowest BCUT2D eigenvalue weighted by Gasteiger charge is -2.08. The minimum Gasteiger partial charge on any atom is -0.227 e. The molecule has 0 bridgehead atoms. The van der Waals surface area contributed by atoms with Crippen molar-refractivity contribution in [3.05, 3.63) is 21.7 Å². The summed E-state index contributed by atoms with van der Waals surface area (Å²) >= 11 is 10.6. The van der Waals surface area contributed by atoms with Gasteiger partial charge in [0.25, 0.3) is 0 Å². The Labute approximate surface area is 81.7 Å². The number of halogens is 5. The van der Waals surface area contributed by atoms with Crippen LogP contribution in [0.5, 0.6) is 0 Å². The molecular formula is C6H3Cl2F3N2. The highest BCUT2D eigenvalue weighted by Gasteiger charge is 2.36. The van der Waals surface area contributed by atoms with Crippen LogP contribution in [0.25, 0.3) is 0 Å². The zero-order valence-electron chi connectivity index (χ0n) is 6.28. The Morgan fingerprint density at radius 3 is 2.15 bits per heavy atom. The molecule has 1 heterocycles. The molecule has 0 radical (unpaired) electrons. The number of hydrogen-bond acceptors (Lipinski definition) is 2. The Balaban J connectivity index is 3.37. The van der Waals surface area contributed by atoms with E-state index in [0.717, 1.165) is 0 Å². The third kappa shape index (κ3) is 2.22. The highest BCUT2D eigenvalue weighted by atomic mass is 35.5. The average molecular weight is 231 g/mol. The topological polar surface area (TPSA) is 25.8 Å². The molecule has 0 aliphatic heterocycles. The SMILES string of the molecule is Cc1nc(Cl)c(Cl)c(C(F)(F)F)n1. The lowest BCUT2D eigenvalue weighted by molar-refractivity contribution is -0.141. The van der Waals surface area contributed by atoms with Gasteiger partial charge in [0.15, 0.2) is 10.8 Å². The van der Waals surface area contributed by atoms with Crippen LogP contribution in [0.1, 0.15) is 11.5 Å². The van der Waals surface area contributed by atoms with Crippen LogP contribution in [0.15, 0.2) is 0 Å². The molecule has 1 aromatic heterocycles. The van der Waals surface area contributed by atoms with E-state index in [1.807, 2.05) is 0 Å². The van der Waals surface area contributed by atoms with Crippen LogP contribution in [0.3, 0.4) is 0 Å². The molecule has 13 heavy (non-hydrogen) atoms. The van der Waals surface area contributed by atoms with E-state index in [4.69, 9.17) is 23.2 Å². The normalized spacial score (nSPS) is 11.8. The smallest absolute Gasteiger partial charge is 0.227 e. The van der Waals surface area contributed by atoms with E-state index >= 15 is 0 Å². The van der Waals surface area contributed by atoms with E-state index in [1.54, 1.807) is 0 Å². The summed E-state index contributed by atoms with van der Waals surface area (Å²) in [7, 11) is 0. The van der Waals surface area contributed by atoms with Crippen molar-refractivity contribution in [3.8, 4) is 0 Å². The van der Waals surface area contributed by atoms with Gasteiger partial charge in [-0.15, -0.1) is 0 Å². The fraction of sp³-hybridized carbons (Fsp3) is 0.333. The minimum absolute atomic E-state index is 0.0678. The van der Waals surface area contributed by atoms with Crippen LogP contribution in [0.2, 0.25) is 10.2 Å². The molecule has 1 aromatic rings. The van der Waals surface area contributed by atoms with Gasteiger partial charge in [0.2, 0.25) is 0 Å². The van der Waals surface area contributed by atoms with E-state index in [-0.39, 0.29) is 11.0 Å². The molecule has 72 valence electrons. The second kappa shape index (κ2) is 3.31. The van der Waals surface area contributed by atoms with Crippen molar-refractivity contribution in [1.82, 2.24) is 9.97 Å². The lowest BCUT2D eigenvalue weighted by atomic mass is 10.4. The molecule has 0 spiro atoms. The molecule has 0 aliphatic rings. The molecule has 0 aromatic carbocycles. The molecule has 0 aliphatic carbocycles. The quantitative estimate of drug-likeness (QED) is 0.641. The summed E-state index contributed by atoms with van der Waals surface area (Å²) in [4.78, 5) is 6.62. The largest absolute Gasteiger partial charge is 0.435 e. The Morgan fingerprint density at radius 2 is 1.69 bits per heavy atom. The fourth-order valence-corrected chi connectivity index (χ4v) is 1.12. The Hall–Kier alpha value is -0.550. The number of hydrogen-bond donors (Lipinski definition) is 0.